The summed E-state index contributed by atoms with van der Waals surface area (Å²) in [5, 5.41) is 2.80. The zero-order valence-electron chi connectivity index (χ0n) is 21.3. The van der Waals surface area contributed by atoms with Gasteiger partial charge in [-0.3, -0.25) is 4.90 Å². The summed E-state index contributed by atoms with van der Waals surface area (Å²) in [6, 6.07) is 11.2. The van der Waals surface area contributed by atoms with Gasteiger partial charge in [0.25, 0.3) is 0 Å². The van der Waals surface area contributed by atoms with Gasteiger partial charge in [-0.25, -0.2) is 17.6 Å². The van der Waals surface area contributed by atoms with Crippen molar-refractivity contribution in [2.24, 2.45) is 5.92 Å². The predicted octanol–water partition coefficient (Wildman–Crippen LogP) is 4.38. The summed E-state index contributed by atoms with van der Waals surface area (Å²) in [5.74, 6) is 0.125. The van der Waals surface area contributed by atoms with Gasteiger partial charge in [-0.1, -0.05) is 23.7 Å². The molecule has 37 heavy (non-hydrogen) atoms. The van der Waals surface area contributed by atoms with Crippen LogP contribution in [0.3, 0.4) is 0 Å². The Hall–Kier alpha value is -2.20. The lowest BCUT2D eigenvalue weighted by atomic mass is 9.96. The number of rotatable bonds is 8. The van der Waals surface area contributed by atoms with Gasteiger partial charge in [0.15, 0.2) is 9.84 Å². The molecule has 2 heterocycles. The van der Waals surface area contributed by atoms with Crippen LogP contribution < -0.4 is 5.32 Å². The number of benzene rings is 2. The molecule has 2 fully saturated rings. The fraction of sp³-hybridized carbons (Fsp3) is 0.519. The Morgan fingerprint density at radius 1 is 1.05 bits per heavy atom. The molecule has 2 aliphatic rings. The lowest BCUT2D eigenvalue weighted by molar-refractivity contribution is 0.101. The highest BCUT2D eigenvalue weighted by Gasteiger charge is 2.26. The minimum atomic E-state index is -3.15. The summed E-state index contributed by atoms with van der Waals surface area (Å²) in [5.41, 5.74) is 1.66. The summed E-state index contributed by atoms with van der Waals surface area (Å²) in [6.45, 7) is 7.34. The van der Waals surface area contributed by atoms with Gasteiger partial charge < -0.3 is 15.1 Å². The molecule has 7 nitrogen and oxygen atoms in total. The van der Waals surface area contributed by atoms with Crippen LogP contribution >= 0.6 is 11.6 Å². The number of aryl methyl sites for hydroxylation is 1. The van der Waals surface area contributed by atoms with Gasteiger partial charge in [-0.05, 0) is 80.6 Å². The summed E-state index contributed by atoms with van der Waals surface area (Å²) in [6.07, 6.45) is 5.67. The van der Waals surface area contributed by atoms with E-state index in [1.165, 1.54) is 42.9 Å². The van der Waals surface area contributed by atoms with Crippen LogP contribution in [0.5, 0.6) is 0 Å². The van der Waals surface area contributed by atoms with Crippen molar-refractivity contribution >= 4 is 33.2 Å². The minimum absolute atomic E-state index is 0.00704. The monoisotopic (exact) mass is 550 g/mol. The number of nitrogens with one attached hydrogen (secondary N) is 1. The van der Waals surface area contributed by atoms with E-state index in [0.29, 0.717) is 29.6 Å². The number of sulfone groups is 1. The number of carbonyl (C=O) groups excluding carboxylic acids is 1. The van der Waals surface area contributed by atoms with Crippen LogP contribution in [-0.2, 0) is 16.3 Å². The molecule has 2 aromatic rings. The first-order valence-electron chi connectivity index (χ1n) is 12.9. The minimum Gasteiger partial charge on any atom is -0.322 e. The number of anilines is 1. The van der Waals surface area contributed by atoms with Gasteiger partial charge in [0.2, 0.25) is 0 Å². The number of halogens is 2. The predicted molar refractivity (Wildman–Crippen MR) is 145 cm³/mol. The molecular formula is C27H36ClFN4O3S. The molecule has 2 aliphatic heterocycles. The number of carbonyl (C=O) groups is 1. The number of amides is 2. The van der Waals surface area contributed by atoms with E-state index in [1.54, 1.807) is 17.0 Å². The second-order valence-corrected chi connectivity index (χ2v) is 12.6. The lowest BCUT2D eigenvalue weighted by Gasteiger charge is -2.39. The first-order chi connectivity index (χ1) is 17.7. The number of hydrogen-bond acceptors (Lipinski definition) is 5. The van der Waals surface area contributed by atoms with Crippen LogP contribution in [0.1, 0.15) is 24.8 Å². The van der Waals surface area contributed by atoms with E-state index in [-0.39, 0.29) is 11.1 Å². The summed E-state index contributed by atoms with van der Waals surface area (Å²) in [4.78, 5) is 19.8. The molecule has 1 atom stereocenters. The molecule has 1 N–H and O–H groups in total. The van der Waals surface area contributed by atoms with Crippen LogP contribution in [0.2, 0.25) is 5.02 Å². The average Bonchev–Trinajstić information content (AvgIpc) is 2.87. The molecular weight excluding hydrogens is 515 g/mol. The van der Waals surface area contributed by atoms with Crippen LogP contribution in [0.15, 0.2) is 47.4 Å². The molecule has 0 spiro atoms. The molecule has 10 heteroatoms. The highest BCUT2D eigenvalue weighted by atomic mass is 35.5. The zero-order valence-corrected chi connectivity index (χ0v) is 22.9. The smallest absolute Gasteiger partial charge is 0.321 e. The van der Waals surface area contributed by atoms with Crippen molar-refractivity contribution in [2.75, 3.05) is 63.9 Å². The molecule has 0 aliphatic carbocycles. The SMILES string of the molecule is CS(=O)(=O)c1ccc(CCCN2CCC[C@@H](CN3CCN(C(=O)Nc4ccc(F)c(Cl)c4)CC3)C2)cc1. The molecule has 202 valence electrons. The van der Waals surface area contributed by atoms with Crippen molar-refractivity contribution in [3.63, 3.8) is 0 Å². The molecule has 2 amide bonds. The third kappa shape index (κ3) is 8.14. The maximum Gasteiger partial charge on any atom is 0.321 e. The van der Waals surface area contributed by atoms with Gasteiger partial charge in [-0.15, -0.1) is 0 Å². The summed E-state index contributed by atoms with van der Waals surface area (Å²) in [7, 11) is -3.15. The molecule has 0 aromatic heterocycles. The van der Waals surface area contributed by atoms with Gasteiger partial charge in [0, 0.05) is 51.2 Å². The van der Waals surface area contributed by atoms with E-state index in [0.717, 1.165) is 52.1 Å². The van der Waals surface area contributed by atoms with Crippen LogP contribution in [0.25, 0.3) is 0 Å². The number of piperazine rings is 1. The highest BCUT2D eigenvalue weighted by molar-refractivity contribution is 7.90. The summed E-state index contributed by atoms with van der Waals surface area (Å²) < 4.78 is 36.6. The Labute approximate surface area is 224 Å². The van der Waals surface area contributed by atoms with E-state index in [9.17, 15) is 17.6 Å². The second kappa shape index (κ2) is 12.6. The molecule has 0 saturated carbocycles. The molecule has 0 bridgehead atoms. The maximum atomic E-state index is 13.3. The Balaban J connectivity index is 1.16. The van der Waals surface area contributed by atoms with Crippen molar-refractivity contribution in [1.82, 2.24) is 14.7 Å². The van der Waals surface area contributed by atoms with E-state index in [4.69, 9.17) is 11.6 Å². The average molecular weight is 551 g/mol. The summed E-state index contributed by atoms with van der Waals surface area (Å²) >= 11 is 5.81. The first kappa shape index (κ1) is 27.8. The molecule has 2 aromatic carbocycles. The van der Waals surface area contributed by atoms with Gasteiger partial charge in [0.1, 0.15) is 5.82 Å². The van der Waals surface area contributed by atoms with Crippen molar-refractivity contribution in [3.05, 3.63) is 58.9 Å². The fourth-order valence-corrected chi connectivity index (χ4v) is 6.00. The number of nitrogens with zero attached hydrogens (tertiary/aromatic N) is 3. The van der Waals surface area contributed by atoms with Gasteiger partial charge in [-0.2, -0.15) is 0 Å². The number of likely N-dealkylation sites (tertiary alicyclic amines) is 1. The zero-order chi connectivity index (χ0) is 26.4. The quantitative estimate of drug-likeness (QED) is 0.528. The Kier molecular flexibility index (Phi) is 9.45. The number of piperidine rings is 1. The van der Waals surface area contributed by atoms with Crippen molar-refractivity contribution in [1.29, 1.82) is 0 Å². The highest BCUT2D eigenvalue weighted by Crippen LogP contribution is 2.21. The molecule has 0 unspecified atom stereocenters. The molecule has 0 radical (unpaired) electrons. The van der Waals surface area contributed by atoms with Crippen LogP contribution in [0.4, 0.5) is 14.9 Å². The Morgan fingerprint density at radius 3 is 2.46 bits per heavy atom. The standard InChI is InChI=1S/C27H36ClFN4O3S/c1-37(35,36)24-9-6-21(7-10-24)4-2-12-31-13-3-5-22(19-31)20-32-14-16-33(17-15-32)27(34)30-23-8-11-26(29)25(28)18-23/h6-11,18,22H,2-5,12-17,19-20H2,1H3,(H,30,34)/t22-/m1/s1. The third-order valence-electron chi connectivity index (χ3n) is 7.24. The third-order valence-corrected chi connectivity index (χ3v) is 8.66. The Bertz CT molecular complexity index is 1170. The van der Waals surface area contributed by atoms with Gasteiger partial charge in [0.05, 0.1) is 9.92 Å². The van der Waals surface area contributed by atoms with E-state index in [2.05, 4.69) is 15.1 Å². The lowest BCUT2D eigenvalue weighted by Crippen LogP contribution is -2.52. The van der Waals surface area contributed by atoms with E-state index < -0.39 is 15.7 Å². The van der Waals surface area contributed by atoms with Crippen molar-refractivity contribution < 1.29 is 17.6 Å². The Morgan fingerprint density at radius 2 is 1.78 bits per heavy atom. The number of urea groups is 1. The van der Waals surface area contributed by atoms with E-state index >= 15 is 0 Å². The van der Waals surface area contributed by atoms with Crippen LogP contribution in [-0.4, -0.2) is 87.8 Å². The topological polar surface area (TPSA) is 73.0 Å². The van der Waals surface area contributed by atoms with Crippen molar-refractivity contribution in [3.8, 4) is 0 Å². The largest absolute Gasteiger partial charge is 0.322 e. The fourth-order valence-electron chi connectivity index (χ4n) is 5.19. The van der Waals surface area contributed by atoms with Crippen molar-refractivity contribution in [2.45, 2.75) is 30.6 Å². The van der Waals surface area contributed by atoms with Gasteiger partial charge >= 0.3 is 6.03 Å². The number of hydrogen-bond donors (Lipinski definition) is 1. The maximum absolute atomic E-state index is 13.3. The molecule has 4 rings (SSSR count). The first-order valence-corrected chi connectivity index (χ1v) is 15.2. The second-order valence-electron chi connectivity index (χ2n) is 10.2. The normalized spacial score (nSPS) is 19.6. The van der Waals surface area contributed by atoms with E-state index in [1.807, 2.05) is 12.1 Å². The molecule has 2 saturated heterocycles. The van der Waals surface area contributed by atoms with Crippen LogP contribution in [0, 0.1) is 11.7 Å².